The zero-order valence-corrected chi connectivity index (χ0v) is 11.7. The van der Waals surface area contributed by atoms with Gasteiger partial charge in [-0.2, -0.15) is 0 Å². The second-order valence-electron chi connectivity index (χ2n) is 4.92. The first-order valence-corrected chi connectivity index (χ1v) is 6.36. The van der Waals surface area contributed by atoms with Crippen LogP contribution in [0.1, 0.15) is 38.8 Å². The van der Waals surface area contributed by atoms with Gasteiger partial charge in [0.15, 0.2) is 5.78 Å². The summed E-state index contributed by atoms with van der Waals surface area (Å²) in [5.41, 5.74) is 4.63. The lowest BCUT2D eigenvalue weighted by molar-refractivity contribution is 0.0696. The van der Waals surface area contributed by atoms with Gasteiger partial charge in [-0.3, -0.25) is 4.79 Å². The Morgan fingerprint density at radius 3 is 1.75 bits per heavy atom. The van der Waals surface area contributed by atoms with Crippen LogP contribution in [0, 0.1) is 13.8 Å². The highest BCUT2D eigenvalue weighted by Crippen LogP contribution is 2.29. The highest BCUT2D eigenvalue weighted by Gasteiger charge is 2.11. The van der Waals surface area contributed by atoms with Crippen molar-refractivity contribution in [2.24, 2.45) is 0 Å². The maximum absolute atomic E-state index is 11.5. The molecule has 102 valence electrons. The molecule has 1 N–H and O–H groups in total. The van der Waals surface area contributed by atoms with Gasteiger partial charge in [-0.25, -0.2) is 4.79 Å². The molecule has 0 radical (unpaired) electrons. The Morgan fingerprint density at radius 1 is 0.850 bits per heavy atom. The average molecular weight is 268 g/mol. The largest absolute Gasteiger partial charge is 0.478 e. The van der Waals surface area contributed by atoms with Crippen molar-refractivity contribution in [1.29, 1.82) is 0 Å². The number of carboxylic acids is 1. The molecule has 0 aromatic heterocycles. The number of carbonyl (C=O) groups excluding carboxylic acids is 1. The zero-order valence-electron chi connectivity index (χ0n) is 11.7. The van der Waals surface area contributed by atoms with Crippen LogP contribution in [0.4, 0.5) is 0 Å². The van der Waals surface area contributed by atoms with E-state index in [9.17, 15) is 9.59 Å². The van der Waals surface area contributed by atoms with Gasteiger partial charge in [0.25, 0.3) is 0 Å². The van der Waals surface area contributed by atoms with Crippen LogP contribution in [0.25, 0.3) is 11.1 Å². The van der Waals surface area contributed by atoms with Gasteiger partial charge in [-0.1, -0.05) is 18.2 Å². The predicted octanol–water partition coefficient (Wildman–Crippen LogP) is 3.87. The van der Waals surface area contributed by atoms with E-state index in [1.54, 1.807) is 24.3 Å². The molecule has 0 unspecified atom stereocenters. The Labute approximate surface area is 117 Å². The van der Waals surface area contributed by atoms with Crippen molar-refractivity contribution >= 4 is 11.8 Å². The predicted molar refractivity (Wildman–Crippen MR) is 78.3 cm³/mol. The van der Waals surface area contributed by atoms with Crippen LogP contribution in [0.2, 0.25) is 0 Å². The molecule has 3 heteroatoms. The molecule has 0 amide bonds. The Bertz CT molecular complexity index is 638. The molecule has 2 rings (SSSR count). The molecule has 0 aliphatic carbocycles. The number of ketones is 1. The van der Waals surface area contributed by atoms with Crippen LogP contribution in [0.5, 0.6) is 0 Å². The molecule has 0 bridgehead atoms. The topological polar surface area (TPSA) is 54.4 Å². The molecule has 3 nitrogen and oxygen atoms in total. The lowest BCUT2D eigenvalue weighted by Gasteiger charge is -2.11. The van der Waals surface area contributed by atoms with E-state index in [0.717, 1.165) is 22.3 Å². The van der Waals surface area contributed by atoms with Gasteiger partial charge in [-0.05, 0) is 61.2 Å². The summed E-state index contributed by atoms with van der Waals surface area (Å²) >= 11 is 0. The van der Waals surface area contributed by atoms with E-state index in [2.05, 4.69) is 0 Å². The van der Waals surface area contributed by atoms with Crippen LogP contribution in [-0.2, 0) is 0 Å². The number of carbonyl (C=O) groups is 2. The van der Waals surface area contributed by atoms with Gasteiger partial charge in [0.2, 0.25) is 0 Å². The molecular weight excluding hydrogens is 252 g/mol. The number of rotatable bonds is 3. The zero-order chi connectivity index (χ0) is 14.9. The van der Waals surface area contributed by atoms with Crippen LogP contribution < -0.4 is 0 Å². The number of aryl methyl sites for hydroxylation is 2. The standard InChI is InChI=1S/C17H16O3/c1-10-4-6-13(12(3)18)8-15(10)16-9-14(17(19)20)7-5-11(16)2/h4-9H,1-3H3,(H,19,20). The van der Waals surface area contributed by atoms with Gasteiger partial charge in [0, 0.05) is 5.56 Å². The van der Waals surface area contributed by atoms with E-state index >= 15 is 0 Å². The van der Waals surface area contributed by atoms with Gasteiger partial charge >= 0.3 is 5.97 Å². The second kappa shape index (κ2) is 5.29. The minimum Gasteiger partial charge on any atom is -0.478 e. The number of Topliss-reactive ketones (excluding diaryl/α,β-unsaturated/α-hetero) is 1. The van der Waals surface area contributed by atoms with Crippen LogP contribution in [-0.4, -0.2) is 16.9 Å². The highest BCUT2D eigenvalue weighted by molar-refractivity contribution is 5.96. The fraction of sp³-hybridized carbons (Fsp3) is 0.176. The molecule has 0 aliphatic rings. The van der Waals surface area contributed by atoms with Gasteiger partial charge in [0.05, 0.1) is 5.56 Å². The van der Waals surface area contributed by atoms with Crippen molar-refractivity contribution in [2.75, 3.05) is 0 Å². The first-order chi connectivity index (χ1) is 9.40. The molecular formula is C17H16O3. The molecule has 0 spiro atoms. The molecule has 2 aromatic rings. The van der Waals surface area contributed by atoms with E-state index in [0.29, 0.717) is 5.56 Å². The summed E-state index contributed by atoms with van der Waals surface area (Å²) in [7, 11) is 0. The summed E-state index contributed by atoms with van der Waals surface area (Å²) in [5, 5.41) is 9.11. The van der Waals surface area contributed by atoms with Crippen molar-refractivity contribution in [3.63, 3.8) is 0 Å². The minimum absolute atomic E-state index is 0.00158. The summed E-state index contributed by atoms with van der Waals surface area (Å²) in [6.45, 7) is 5.40. The first-order valence-electron chi connectivity index (χ1n) is 6.36. The monoisotopic (exact) mass is 268 g/mol. The van der Waals surface area contributed by atoms with E-state index in [-0.39, 0.29) is 11.3 Å². The molecule has 0 saturated heterocycles. The lowest BCUT2D eigenvalue weighted by atomic mass is 9.93. The summed E-state index contributed by atoms with van der Waals surface area (Å²) < 4.78 is 0. The number of hydrogen-bond donors (Lipinski definition) is 1. The molecule has 20 heavy (non-hydrogen) atoms. The van der Waals surface area contributed by atoms with Gasteiger partial charge in [0.1, 0.15) is 0 Å². The third-order valence-electron chi connectivity index (χ3n) is 3.42. The smallest absolute Gasteiger partial charge is 0.335 e. The Morgan fingerprint density at radius 2 is 1.30 bits per heavy atom. The van der Waals surface area contributed by atoms with Crippen LogP contribution in [0.15, 0.2) is 36.4 Å². The SMILES string of the molecule is CC(=O)c1ccc(C)c(-c2cc(C(=O)O)ccc2C)c1. The molecule has 0 heterocycles. The highest BCUT2D eigenvalue weighted by atomic mass is 16.4. The molecule has 0 atom stereocenters. The summed E-state index contributed by atoms with van der Waals surface area (Å²) in [6.07, 6.45) is 0. The number of hydrogen-bond acceptors (Lipinski definition) is 2. The van der Waals surface area contributed by atoms with Crippen LogP contribution in [0.3, 0.4) is 0 Å². The van der Waals surface area contributed by atoms with Crippen molar-refractivity contribution in [3.05, 3.63) is 58.7 Å². The summed E-state index contributed by atoms with van der Waals surface area (Å²) in [5.74, 6) is -0.954. The minimum atomic E-state index is -0.952. The third kappa shape index (κ3) is 2.62. The molecule has 0 fully saturated rings. The second-order valence-corrected chi connectivity index (χ2v) is 4.92. The van der Waals surface area contributed by atoms with Crippen LogP contribution >= 0.6 is 0 Å². The summed E-state index contributed by atoms with van der Waals surface area (Å²) in [4.78, 5) is 22.6. The quantitative estimate of drug-likeness (QED) is 0.860. The molecule has 2 aromatic carbocycles. The van der Waals surface area contributed by atoms with Gasteiger partial charge < -0.3 is 5.11 Å². The van der Waals surface area contributed by atoms with Crippen molar-refractivity contribution in [3.8, 4) is 11.1 Å². The average Bonchev–Trinajstić information content (AvgIpc) is 2.39. The van der Waals surface area contributed by atoms with Crippen molar-refractivity contribution < 1.29 is 14.7 Å². The fourth-order valence-corrected chi connectivity index (χ4v) is 2.18. The maximum atomic E-state index is 11.5. The fourth-order valence-electron chi connectivity index (χ4n) is 2.18. The molecule has 0 saturated carbocycles. The normalized spacial score (nSPS) is 10.3. The first kappa shape index (κ1) is 14.0. The number of aromatic carboxylic acids is 1. The number of benzene rings is 2. The number of carboxylic acid groups (broad SMARTS) is 1. The summed E-state index contributed by atoms with van der Waals surface area (Å²) in [6, 6.07) is 10.5. The molecule has 0 aliphatic heterocycles. The Hall–Kier alpha value is -2.42. The van der Waals surface area contributed by atoms with E-state index in [4.69, 9.17) is 5.11 Å². The van der Waals surface area contributed by atoms with E-state index in [1.165, 1.54) is 6.92 Å². The van der Waals surface area contributed by atoms with E-state index in [1.807, 2.05) is 26.0 Å². The van der Waals surface area contributed by atoms with Crippen molar-refractivity contribution in [2.45, 2.75) is 20.8 Å². The third-order valence-corrected chi connectivity index (χ3v) is 3.42. The van der Waals surface area contributed by atoms with E-state index < -0.39 is 5.97 Å². The Balaban J connectivity index is 2.67. The maximum Gasteiger partial charge on any atom is 0.335 e. The van der Waals surface area contributed by atoms with Crippen molar-refractivity contribution in [1.82, 2.24) is 0 Å². The van der Waals surface area contributed by atoms with Gasteiger partial charge in [-0.15, -0.1) is 0 Å². The lowest BCUT2D eigenvalue weighted by Crippen LogP contribution is -1.99. The Kier molecular flexibility index (Phi) is 3.70.